The maximum Gasteiger partial charge on any atom is 0.222 e. The summed E-state index contributed by atoms with van der Waals surface area (Å²) in [6.07, 6.45) is 9.19. The van der Waals surface area contributed by atoms with Crippen LogP contribution in [-0.2, 0) is 23.9 Å². The zero-order valence-corrected chi connectivity index (χ0v) is 26.4. The van der Waals surface area contributed by atoms with Crippen LogP contribution in [-0.4, -0.2) is 72.0 Å². The Bertz CT molecular complexity index is 707. The minimum atomic E-state index is -0.0728. The Labute approximate surface area is 239 Å². The van der Waals surface area contributed by atoms with Crippen molar-refractivity contribution >= 4 is 17.5 Å². The van der Waals surface area contributed by atoms with Crippen LogP contribution in [0.4, 0.5) is 0 Å². The summed E-state index contributed by atoms with van der Waals surface area (Å²) in [5.74, 6) is 1.30. The molecule has 0 aromatic heterocycles. The molecule has 3 atom stereocenters. The highest BCUT2D eigenvalue weighted by Gasteiger charge is 2.36. The number of ether oxygens (including phenoxy) is 2. The number of unbranched alkanes of at least 4 members (excludes halogenated alkanes) is 2. The van der Waals surface area contributed by atoms with Crippen molar-refractivity contribution < 1.29 is 23.9 Å². The van der Waals surface area contributed by atoms with Crippen molar-refractivity contribution in [1.29, 1.82) is 0 Å². The summed E-state index contributed by atoms with van der Waals surface area (Å²) in [6.45, 7) is 17.8. The molecule has 0 bridgehead atoms. The van der Waals surface area contributed by atoms with Crippen LogP contribution in [0.2, 0.25) is 0 Å². The van der Waals surface area contributed by atoms with Crippen molar-refractivity contribution in [3.63, 3.8) is 0 Å². The summed E-state index contributed by atoms with van der Waals surface area (Å²) in [5.41, 5.74) is 0. The summed E-state index contributed by atoms with van der Waals surface area (Å²) in [4.78, 5) is 40.0. The highest BCUT2D eigenvalue weighted by molar-refractivity contribution is 5.84. The summed E-state index contributed by atoms with van der Waals surface area (Å²) < 4.78 is 11.8. The number of carbonyl (C=O) groups excluding carboxylic acids is 3. The standard InChI is InChI=1S/C32H60N2O5/c1-23(2)14-13-17-30(33-24(3)4)31(36)18-11-9-15-28(35)16-10-12-19-32(37)34-21-29(39-26(7)8)20-27(34)22-38-25(5)6/h23-27,29-30,33H,9-22H2,1-8H3/t27-,29+,30+/m0/s1. The third kappa shape index (κ3) is 16.5. The van der Waals surface area contributed by atoms with Crippen LogP contribution in [0.3, 0.4) is 0 Å². The molecule has 39 heavy (non-hydrogen) atoms. The molecule has 0 aliphatic carbocycles. The van der Waals surface area contributed by atoms with Crippen LogP contribution >= 0.6 is 0 Å². The largest absolute Gasteiger partial charge is 0.377 e. The van der Waals surface area contributed by atoms with E-state index in [1.54, 1.807) is 0 Å². The van der Waals surface area contributed by atoms with Gasteiger partial charge in [-0.15, -0.1) is 0 Å². The van der Waals surface area contributed by atoms with Gasteiger partial charge in [0.15, 0.2) is 0 Å². The van der Waals surface area contributed by atoms with E-state index in [1.807, 2.05) is 32.6 Å². The lowest BCUT2D eigenvalue weighted by molar-refractivity contribution is -0.134. The molecule has 1 aliphatic heterocycles. The third-order valence-corrected chi connectivity index (χ3v) is 7.21. The molecule has 7 heteroatoms. The van der Waals surface area contributed by atoms with E-state index in [-0.39, 0.29) is 53.9 Å². The topological polar surface area (TPSA) is 84.9 Å². The van der Waals surface area contributed by atoms with E-state index >= 15 is 0 Å². The predicted octanol–water partition coefficient (Wildman–Crippen LogP) is 6.26. The van der Waals surface area contributed by atoms with Gasteiger partial charge in [0, 0.05) is 38.3 Å². The molecule has 1 rings (SSSR count). The first-order valence-corrected chi connectivity index (χ1v) is 15.8. The van der Waals surface area contributed by atoms with E-state index in [4.69, 9.17) is 9.47 Å². The van der Waals surface area contributed by atoms with E-state index in [9.17, 15) is 14.4 Å². The fraction of sp³-hybridized carbons (Fsp3) is 0.906. The Hall–Kier alpha value is -1.31. The van der Waals surface area contributed by atoms with Crippen molar-refractivity contribution in [2.24, 2.45) is 5.92 Å². The Morgan fingerprint density at radius 2 is 1.41 bits per heavy atom. The number of amides is 1. The molecule has 7 nitrogen and oxygen atoms in total. The van der Waals surface area contributed by atoms with E-state index in [0.717, 1.165) is 44.9 Å². The Kier molecular flexibility index (Phi) is 18.1. The van der Waals surface area contributed by atoms with Crippen molar-refractivity contribution in [3.8, 4) is 0 Å². The average molecular weight is 553 g/mol. The molecule has 1 N–H and O–H groups in total. The third-order valence-electron chi connectivity index (χ3n) is 7.21. The van der Waals surface area contributed by atoms with E-state index in [1.165, 1.54) is 0 Å². The predicted molar refractivity (Wildman–Crippen MR) is 159 cm³/mol. The number of hydrogen-bond donors (Lipinski definition) is 1. The quantitative estimate of drug-likeness (QED) is 0.160. The molecule has 0 radical (unpaired) electrons. The van der Waals surface area contributed by atoms with Gasteiger partial charge in [0.2, 0.25) is 5.91 Å². The van der Waals surface area contributed by atoms with Crippen molar-refractivity contribution in [3.05, 3.63) is 0 Å². The smallest absolute Gasteiger partial charge is 0.222 e. The summed E-state index contributed by atoms with van der Waals surface area (Å²) in [6, 6.07) is 0.265. The molecule has 0 aromatic rings. The molecular weight excluding hydrogens is 492 g/mol. The lowest BCUT2D eigenvalue weighted by Crippen LogP contribution is -2.40. The highest BCUT2D eigenvalue weighted by atomic mass is 16.5. The number of nitrogens with zero attached hydrogens (tertiary/aromatic N) is 1. The van der Waals surface area contributed by atoms with Gasteiger partial charge in [-0.2, -0.15) is 0 Å². The summed E-state index contributed by atoms with van der Waals surface area (Å²) in [5, 5.41) is 3.43. The Morgan fingerprint density at radius 1 is 0.795 bits per heavy atom. The number of carbonyl (C=O) groups is 3. The molecule has 0 aromatic carbocycles. The second-order valence-corrected chi connectivity index (χ2v) is 12.7. The monoisotopic (exact) mass is 552 g/mol. The van der Waals surface area contributed by atoms with Gasteiger partial charge in [-0.25, -0.2) is 0 Å². The zero-order chi connectivity index (χ0) is 29.4. The van der Waals surface area contributed by atoms with E-state index < -0.39 is 0 Å². The van der Waals surface area contributed by atoms with Gasteiger partial charge in [0.1, 0.15) is 11.6 Å². The van der Waals surface area contributed by atoms with Crippen LogP contribution in [0.1, 0.15) is 132 Å². The fourth-order valence-corrected chi connectivity index (χ4v) is 5.26. The number of likely N-dealkylation sites (tertiary alicyclic amines) is 1. The van der Waals surface area contributed by atoms with Crippen LogP contribution in [0, 0.1) is 5.92 Å². The Morgan fingerprint density at radius 3 is 1.97 bits per heavy atom. The minimum Gasteiger partial charge on any atom is -0.377 e. The maximum absolute atomic E-state index is 13.0. The van der Waals surface area contributed by atoms with Gasteiger partial charge in [-0.05, 0) is 72.1 Å². The molecule has 1 aliphatic rings. The fourth-order valence-electron chi connectivity index (χ4n) is 5.26. The first-order chi connectivity index (χ1) is 18.4. The molecular formula is C32H60N2O5. The van der Waals surface area contributed by atoms with Gasteiger partial charge >= 0.3 is 0 Å². The van der Waals surface area contributed by atoms with E-state index in [2.05, 4.69) is 33.0 Å². The highest BCUT2D eigenvalue weighted by Crippen LogP contribution is 2.24. The molecule has 228 valence electrons. The minimum absolute atomic E-state index is 0.0542. The molecule has 1 saturated heterocycles. The van der Waals surface area contributed by atoms with Gasteiger partial charge in [0.05, 0.1) is 37.0 Å². The molecule has 1 amide bonds. The normalized spacial score (nSPS) is 18.6. The maximum atomic E-state index is 13.0. The number of rotatable bonds is 22. The number of nitrogens with one attached hydrogen (secondary N) is 1. The lowest BCUT2D eigenvalue weighted by Gasteiger charge is -2.25. The molecule has 1 fully saturated rings. The summed E-state index contributed by atoms with van der Waals surface area (Å²) >= 11 is 0. The summed E-state index contributed by atoms with van der Waals surface area (Å²) in [7, 11) is 0. The average Bonchev–Trinajstić information content (AvgIpc) is 3.23. The number of hydrogen-bond acceptors (Lipinski definition) is 6. The van der Waals surface area contributed by atoms with Crippen molar-refractivity contribution in [1.82, 2.24) is 10.2 Å². The number of ketones is 2. The second kappa shape index (κ2) is 19.7. The van der Waals surface area contributed by atoms with E-state index in [0.29, 0.717) is 51.2 Å². The van der Waals surface area contributed by atoms with Crippen molar-refractivity contribution in [2.75, 3.05) is 13.2 Å². The van der Waals surface area contributed by atoms with Crippen LogP contribution < -0.4 is 5.32 Å². The molecule has 0 spiro atoms. The van der Waals surface area contributed by atoms with Gasteiger partial charge in [-0.3, -0.25) is 14.4 Å². The number of Topliss-reactive ketones (excluding diaryl/α,β-unsaturated/α-hetero) is 2. The second-order valence-electron chi connectivity index (χ2n) is 12.7. The van der Waals surface area contributed by atoms with Gasteiger partial charge < -0.3 is 19.7 Å². The molecule has 0 unspecified atom stereocenters. The molecule has 1 heterocycles. The zero-order valence-electron chi connectivity index (χ0n) is 26.4. The lowest BCUT2D eigenvalue weighted by atomic mass is 9.97. The first-order valence-electron chi connectivity index (χ1n) is 15.8. The molecule has 0 saturated carbocycles. The van der Waals surface area contributed by atoms with Crippen LogP contribution in [0.5, 0.6) is 0 Å². The SMILES string of the molecule is CC(C)CCC[C@@H](NC(C)C)C(=O)CCCCC(=O)CCCCC(=O)N1C[C@H](OC(C)C)C[C@H]1COC(C)C. The van der Waals surface area contributed by atoms with Crippen molar-refractivity contribution in [2.45, 2.75) is 169 Å². The Balaban J connectivity index is 2.31. The first kappa shape index (κ1) is 35.7. The van der Waals surface area contributed by atoms with Crippen LogP contribution in [0.15, 0.2) is 0 Å². The van der Waals surface area contributed by atoms with Crippen LogP contribution in [0.25, 0.3) is 0 Å². The van der Waals surface area contributed by atoms with Gasteiger partial charge in [0.25, 0.3) is 0 Å². The van der Waals surface area contributed by atoms with Gasteiger partial charge in [-0.1, -0.05) is 40.5 Å².